The Kier molecular flexibility index (Phi) is 5.48. The minimum absolute atomic E-state index is 0.153. The number of likely N-dealkylation sites (tertiary alicyclic amines) is 1. The lowest BCUT2D eigenvalue weighted by Gasteiger charge is -2.46. The summed E-state index contributed by atoms with van der Waals surface area (Å²) in [5.41, 5.74) is 0.887. The van der Waals surface area contributed by atoms with Gasteiger partial charge in [-0.25, -0.2) is 0 Å². The van der Waals surface area contributed by atoms with Gasteiger partial charge >= 0.3 is 0 Å². The van der Waals surface area contributed by atoms with Gasteiger partial charge in [0.1, 0.15) is 0 Å². The Morgan fingerprint density at radius 2 is 1.90 bits per heavy atom. The molecule has 0 bridgehead atoms. The van der Waals surface area contributed by atoms with Crippen molar-refractivity contribution in [2.75, 3.05) is 13.1 Å². The molecule has 1 N–H and O–H groups in total. The van der Waals surface area contributed by atoms with Crippen LogP contribution in [0.5, 0.6) is 0 Å². The Morgan fingerprint density at radius 1 is 1.25 bits per heavy atom. The Balaban J connectivity index is 2.11. The van der Waals surface area contributed by atoms with Crippen LogP contribution in [0, 0.1) is 0 Å². The van der Waals surface area contributed by atoms with Gasteiger partial charge in [-0.3, -0.25) is 4.90 Å². The molecule has 1 aromatic carbocycles. The first-order valence-corrected chi connectivity index (χ1v) is 8.12. The first-order valence-electron chi connectivity index (χ1n) is 7.74. The van der Waals surface area contributed by atoms with Gasteiger partial charge in [-0.05, 0) is 50.9 Å². The number of benzene rings is 1. The maximum absolute atomic E-state index is 10.8. The average molecular weight is 296 g/mol. The number of aliphatic hydroxyl groups is 1. The number of hydrogen-bond donors (Lipinski definition) is 1. The smallest absolute Gasteiger partial charge is 0.0761 e. The van der Waals surface area contributed by atoms with Gasteiger partial charge in [-0.2, -0.15) is 0 Å². The third-order valence-electron chi connectivity index (χ3n) is 4.88. The van der Waals surface area contributed by atoms with Crippen molar-refractivity contribution in [1.29, 1.82) is 0 Å². The van der Waals surface area contributed by atoms with Crippen molar-refractivity contribution in [3.8, 4) is 0 Å². The molecule has 1 aliphatic rings. The second-order valence-corrected chi connectivity index (χ2v) is 6.48. The lowest BCUT2D eigenvalue weighted by molar-refractivity contribution is -0.0328. The summed E-state index contributed by atoms with van der Waals surface area (Å²) in [7, 11) is 0. The predicted molar refractivity (Wildman–Crippen MR) is 85.3 cm³/mol. The second kappa shape index (κ2) is 6.93. The third-order valence-corrected chi connectivity index (χ3v) is 5.25. The zero-order valence-electron chi connectivity index (χ0n) is 12.6. The van der Waals surface area contributed by atoms with E-state index in [2.05, 4.69) is 18.7 Å². The molecule has 2 rings (SSSR count). The largest absolute Gasteiger partial charge is 0.391 e. The molecule has 1 heterocycles. The summed E-state index contributed by atoms with van der Waals surface area (Å²) in [6, 6.07) is 7.83. The van der Waals surface area contributed by atoms with Crippen molar-refractivity contribution in [3.63, 3.8) is 0 Å². The molecular formula is C17H26ClNO. The van der Waals surface area contributed by atoms with E-state index in [9.17, 15) is 5.11 Å². The molecule has 3 heteroatoms. The highest BCUT2D eigenvalue weighted by Gasteiger charge is 2.37. The van der Waals surface area contributed by atoms with Crippen LogP contribution < -0.4 is 0 Å². The van der Waals surface area contributed by atoms with Crippen molar-refractivity contribution >= 4 is 11.6 Å². The Labute approximate surface area is 127 Å². The normalized spacial score (nSPS) is 21.4. The van der Waals surface area contributed by atoms with Crippen LogP contribution in [0.25, 0.3) is 0 Å². The Hall–Kier alpha value is -0.570. The van der Waals surface area contributed by atoms with Crippen LogP contribution in [0.4, 0.5) is 0 Å². The lowest BCUT2D eigenvalue weighted by atomic mass is 9.84. The van der Waals surface area contributed by atoms with E-state index in [1.54, 1.807) is 0 Å². The fraction of sp³-hybridized carbons (Fsp3) is 0.647. The molecule has 0 radical (unpaired) electrons. The van der Waals surface area contributed by atoms with E-state index in [0.29, 0.717) is 6.42 Å². The zero-order valence-corrected chi connectivity index (χ0v) is 13.4. The lowest BCUT2D eigenvalue weighted by Crippen LogP contribution is -2.56. The first-order chi connectivity index (χ1) is 9.58. The summed E-state index contributed by atoms with van der Waals surface area (Å²) in [5.74, 6) is 0. The fourth-order valence-electron chi connectivity index (χ4n) is 3.17. The standard InChI is InChI=1S/C17H26ClNO/c1-3-17(2,19-11-7-4-8-12-19)16(20)13-14-9-5-6-10-15(14)18/h5-6,9-10,16,20H,3-4,7-8,11-13H2,1-2H3. The molecule has 0 aromatic heterocycles. The van der Waals surface area contributed by atoms with Gasteiger partial charge in [0.05, 0.1) is 6.10 Å². The van der Waals surface area contributed by atoms with Crippen molar-refractivity contribution in [2.45, 2.75) is 57.6 Å². The van der Waals surface area contributed by atoms with Gasteiger partial charge in [0.25, 0.3) is 0 Å². The van der Waals surface area contributed by atoms with Crippen LogP contribution in [0.1, 0.15) is 45.1 Å². The molecule has 0 saturated carbocycles. The summed E-state index contributed by atoms with van der Waals surface area (Å²) in [5, 5.41) is 11.6. The van der Waals surface area contributed by atoms with E-state index >= 15 is 0 Å². The molecule has 0 aliphatic carbocycles. The summed E-state index contributed by atoms with van der Waals surface area (Å²) < 4.78 is 0. The van der Waals surface area contributed by atoms with Crippen LogP contribution in [0.2, 0.25) is 5.02 Å². The molecule has 20 heavy (non-hydrogen) atoms. The second-order valence-electron chi connectivity index (χ2n) is 6.07. The van der Waals surface area contributed by atoms with Crippen molar-refractivity contribution in [2.24, 2.45) is 0 Å². The molecule has 0 spiro atoms. The summed E-state index contributed by atoms with van der Waals surface area (Å²) in [6.07, 6.45) is 5.00. The van der Waals surface area contributed by atoms with E-state index in [-0.39, 0.29) is 11.6 Å². The maximum Gasteiger partial charge on any atom is 0.0761 e. The van der Waals surface area contributed by atoms with Crippen LogP contribution in [-0.4, -0.2) is 34.7 Å². The van der Waals surface area contributed by atoms with Crippen molar-refractivity contribution in [3.05, 3.63) is 34.9 Å². The van der Waals surface area contributed by atoms with E-state index < -0.39 is 0 Å². The van der Waals surface area contributed by atoms with Crippen LogP contribution in [-0.2, 0) is 6.42 Å². The SMILES string of the molecule is CCC(C)(C(O)Cc1ccccc1Cl)N1CCCCC1. The molecule has 0 amide bonds. The molecule has 1 saturated heterocycles. The fourth-order valence-corrected chi connectivity index (χ4v) is 3.38. The highest BCUT2D eigenvalue weighted by molar-refractivity contribution is 6.31. The van der Waals surface area contributed by atoms with Gasteiger partial charge in [-0.15, -0.1) is 0 Å². The molecule has 112 valence electrons. The van der Waals surface area contributed by atoms with E-state index in [1.165, 1.54) is 19.3 Å². The van der Waals surface area contributed by atoms with Gasteiger partial charge in [0.15, 0.2) is 0 Å². The molecule has 1 aromatic rings. The number of hydrogen-bond acceptors (Lipinski definition) is 2. The average Bonchev–Trinajstić information content (AvgIpc) is 2.49. The third kappa shape index (κ3) is 3.36. The van der Waals surface area contributed by atoms with Gasteiger partial charge < -0.3 is 5.11 Å². The number of nitrogens with zero attached hydrogens (tertiary/aromatic N) is 1. The van der Waals surface area contributed by atoms with Gasteiger partial charge in [-0.1, -0.05) is 43.1 Å². The topological polar surface area (TPSA) is 23.5 Å². The van der Waals surface area contributed by atoms with Gasteiger partial charge in [0.2, 0.25) is 0 Å². The molecule has 2 unspecified atom stereocenters. The van der Waals surface area contributed by atoms with Gasteiger partial charge in [0, 0.05) is 17.0 Å². The van der Waals surface area contributed by atoms with E-state index in [1.807, 2.05) is 24.3 Å². The number of halogens is 1. The number of aliphatic hydroxyl groups excluding tert-OH is 1. The van der Waals surface area contributed by atoms with Crippen LogP contribution in [0.15, 0.2) is 24.3 Å². The summed E-state index contributed by atoms with van der Waals surface area (Å²) in [4.78, 5) is 2.47. The minimum atomic E-state index is -0.384. The molecular weight excluding hydrogens is 270 g/mol. The predicted octanol–water partition coefficient (Wildman–Crippen LogP) is 3.90. The van der Waals surface area contributed by atoms with Crippen molar-refractivity contribution in [1.82, 2.24) is 4.90 Å². The van der Waals surface area contributed by atoms with E-state index in [4.69, 9.17) is 11.6 Å². The molecule has 1 aliphatic heterocycles. The molecule has 2 nitrogen and oxygen atoms in total. The van der Waals surface area contributed by atoms with Crippen molar-refractivity contribution < 1.29 is 5.11 Å². The minimum Gasteiger partial charge on any atom is -0.391 e. The highest BCUT2D eigenvalue weighted by Crippen LogP contribution is 2.30. The first kappa shape index (κ1) is 15.8. The molecule has 1 fully saturated rings. The summed E-state index contributed by atoms with van der Waals surface area (Å²) >= 11 is 6.22. The van der Waals surface area contributed by atoms with Crippen LogP contribution >= 0.6 is 11.6 Å². The Morgan fingerprint density at radius 3 is 2.50 bits per heavy atom. The van der Waals surface area contributed by atoms with E-state index in [0.717, 1.165) is 30.1 Å². The Bertz CT molecular complexity index is 431. The highest BCUT2D eigenvalue weighted by atomic mass is 35.5. The summed E-state index contributed by atoms with van der Waals surface area (Å²) in [6.45, 7) is 6.57. The van der Waals surface area contributed by atoms with Crippen LogP contribution in [0.3, 0.4) is 0 Å². The number of piperidine rings is 1. The maximum atomic E-state index is 10.8. The number of rotatable bonds is 5. The quantitative estimate of drug-likeness (QED) is 0.890. The monoisotopic (exact) mass is 295 g/mol. The zero-order chi connectivity index (χ0) is 14.6. The molecule has 2 atom stereocenters.